The number of aromatic nitrogens is 4. The van der Waals surface area contributed by atoms with E-state index in [9.17, 15) is 4.79 Å². The van der Waals surface area contributed by atoms with Crippen molar-refractivity contribution in [1.82, 2.24) is 24.8 Å². The molecule has 3 heterocycles. The number of imidazole rings is 1. The second-order valence-electron chi connectivity index (χ2n) is 6.27. The number of hydrogen-bond donors (Lipinski definition) is 2. The SMILES string of the molecule is Cc1cc(NCC(=O)NCCC2Oc3ccccc3O2)nc(-n2ccnc2)n1. The molecule has 144 valence electrons. The number of carbonyl (C=O) groups excluding carboxylic acids is 1. The van der Waals surface area contributed by atoms with Gasteiger partial charge in [0, 0.05) is 37.1 Å². The Labute approximate surface area is 161 Å². The van der Waals surface area contributed by atoms with E-state index < -0.39 is 0 Å². The van der Waals surface area contributed by atoms with Crippen molar-refractivity contribution >= 4 is 11.7 Å². The first-order valence-corrected chi connectivity index (χ1v) is 8.94. The number of aryl methyl sites for hydroxylation is 1. The molecule has 0 atom stereocenters. The molecule has 1 amide bonds. The molecule has 9 nitrogen and oxygen atoms in total. The van der Waals surface area contributed by atoms with Gasteiger partial charge < -0.3 is 20.1 Å². The highest BCUT2D eigenvalue weighted by atomic mass is 16.7. The van der Waals surface area contributed by atoms with Gasteiger partial charge >= 0.3 is 0 Å². The molecule has 4 rings (SSSR count). The summed E-state index contributed by atoms with van der Waals surface area (Å²) in [5.74, 6) is 2.39. The third kappa shape index (κ3) is 4.20. The molecule has 0 fully saturated rings. The van der Waals surface area contributed by atoms with Crippen molar-refractivity contribution in [2.24, 2.45) is 0 Å². The maximum absolute atomic E-state index is 12.1. The number of hydrogen-bond acceptors (Lipinski definition) is 7. The van der Waals surface area contributed by atoms with Gasteiger partial charge in [-0.1, -0.05) is 12.1 Å². The van der Waals surface area contributed by atoms with Crippen LogP contribution in [0.15, 0.2) is 49.1 Å². The first-order chi connectivity index (χ1) is 13.7. The van der Waals surface area contributed by atoms with Gasteiger partial charge in [0.2, 0.25) is 18.1 Å². The van der Waals surface area contributed by atoms with Crippen molar-refractivity contribution < 1.29 is 14.3 Å². The minimum Gasteiger partial charge on any atom is -0.451 e. The molecular formula is C19H20N6O3. The van der Waals surface area contributed by atoms with Gasteiger partial charge in [0.25, 0.3) is 0 Å². The van der Waals surface area contributed by atoms with Crippen molar-refractivity contribution in [2.45, 2.75) is 19.6 Å². The molecule has 0 saturated heterocycles. The third-order valence-corrected chi connectivity index (χ3v) is 4.08. The van der Waals surface area contributed by atoms with Gasteiger partial charge in [0.15, 0.2) is 11.5 Å². The maximum atomic E-state index is 12.1. The Kier molecular flexibility index (Phi) is 5.05. The number of nitrogens with zero attached hydrogens (tertiary/aromatic N) is 4. The molecule has 3 aromatic rings. The van der Waals surface area contributed by atoms with E-state index in [0.29, 0.717) is 24.7 Å². The van der Waals surface area contributed by atoms with Crippen molar-refractivity contribution in [3.63, 3.8) is 0 Å². The van der Waals surface area contributed by atoms with Gasteiger partial charge in [-0.15, -0.1) is 0 Å². The van der Waals surface area contributed by atoms with Crippen LogP contribution in [0.1, 0.15) is 12.1 Å². The molecule has 9 heteroatoms. The predicted molar refractivity (Wildman–Crippen MR) is 101 cm³/mol. The van der Waals surface area contributed by atoms with Crippen molar-refractivity contribution in [2.75, 3.05) is 18.4 Å². The summed E-state index contributed by atoms with van der Waals surface area (Å²) in [4.78, 5) is 24.8. The highest BCUT2D eigenvalue weighted by Gasteiger charge is 2.23. The maximum Gasteiger partial charge on any atom is 0.243 e. The topological polar surface area (TPSA) is 103 Å². The van der Waals surface area contributed by atoms with Crippen molar-refractivity contribution in [3.05, 3.63) is 54.7 Å². The fourth-order valence-electron chi connectivity index (χ4n) is 2.77. The first-order valence-electron chi connectivity index (χ1n) is 8.94. The lowest BCUT2D eigenvalue weighted by molar-refractivity contribution is -0.119. The van der Waals surface area contributed by atoms with E-state index in [2.05, 4.69) is 25.6 Å². The Morgan fingerprint density at radius 3 is 2.71 bits per heavy atom. The summed E-state index contributed by atoms with van der Waals surface area (Å²) in [6.07, 6.45) is 5.21. The zero-order chi connectivity index (χ0) is 19.3. The molecule has 1 aliphatic rings. The Balaban J connectivity index is 1.23. The Hall–Kier alpha value is -3.62. The standard InChI is InChI=1S/C19H20N6O3/c1-13-10-16(24-19(23-13)25-9-8-20-12-25)22-11-17(26)21-7-6-18-27-14-4-2-3-5-15(14)28-18/h2-5,8-10,12,18H,6-7,11H2,1H3,(H,21,26)(H,22,23,24). The summed E-state index contributed by atoms with van der Waals surface area (Å²) >= 11 is 0. The summed E-state index contributed by atoms with van der Waals surface area (Å²) in [6, 6.07) is 9.29. The zero-order valence-electron chi connectivity index (χ0n) is 15.3. The lowest BCUT2D eigenvalue weighted by Crippen LogP contribution is -2.33. The fraction of sp³-hybridized carbons (Fsp3) is 0.263. The lowest BCUT2D eigenvalue weighted by Gasteiger charge is -2.12. The van der Waals surface area contributed by atoms with E-state index >= 15 is 0 Å². The van der Waals surface area contributed by atoms with E-state index in [4.69, 9.17) is 9.47 Å². The largest absolute Gasteiger partial charge is 0.451 e. The average Bonchev–Trinajstić information content (AvgIpc) is 3.35. The highest BCUT2D eigenvalue weighted by Crippen LogP contribution is 2.34. The molecule has 0 spiro atoms. The monoisotopic (exact) mass is 380 g/mol. The summed E-state index contributed by atoms with van der Waals surface area (Å²) in [6.45, 7) is 2.42. The van der Waals surface area contributed by atoms with Gasteiger partial charge in [-0.3, -0.25) is 9.36 Å². The molecule has 2 aromatic heterocycles. The van der Waals surface area contributed by atoms with E-state index in [1.165, 1.54) is 0 Å². The van der Waals surface area contributed by atoms with Gasteiger partial charge in [0.05, 0.1) is 6.54 Å². The molecule has 0 radical (unpaired) electrons. The van der Waals surface area contributed by atoms with Crippen LogP contribution in [0.25, 0.3) is 5.95 Å². The smallest absolute Gasteiger partial charge is 0.243 e. The van der Waals surface area contributed by atoms with Crippen LogP contribution in [0.3, 0.4) is 0 Å². The fourth-order valence-corrected chi connectivity index (χ4v) is 2.77. The molecule has 28 heavy (non-hydrogen) atoms. The number of anilines is 1. The van der Waals surface area contributed by atoms with Crippen molar-refractivity contribution in [1.29, 1.82) is 0 Å². The molecule has 1 aliphatic heterocycles. The van der Waals surface area contributed by atoms with Crippen LogP contribution in [0, 0.1) is 6.92 Å². The summed E-state index contributed by atoms with van der Waals surface area (Å²) in [5.41, 5.74) is 0.789. The zero-order valence-corrected chi connectivity index (χ0v) is 15.3. The number of benzene rings is 1. The van der Waals surface area contributed by atoms with E-state index in [-0.39, 0.29) is 18.7 Å². The first kappa shape index (κ1) is 17.8. The van der Waals surface area contributed by atoms with Gasteiger partial charge in [-0.25, -0.2) is 9.97 Å². The second kappa shape index (κ2) is 7.95. The number of para-hydroxylation sites is 2. The number of rotatable bonds is 7. The van der Waals surface area contributed by atoms with Crippen LogP contribution in [0.2, 0.25) is 0 Å². The van der Waals surface area contributed by atoms with E-state index in [0.717, 1.165) is 17.2 Å². The van der Waals surface area contributed by atoms with Crippen LogP contribution in [0.5, 0.6) is 11.5 Å². The van der Waals surface area contributed by atoms with Crippen LogP contribution in [-0.4, -0.2) is 44.8 Å². The molecule has 0 bridgehead atoms. The third-order valence-electron chi connectivity index (χ3n) is 4.08. The Bertz CT molecular complexity index is 935. The molecule has 2 N–H and O–H groups in total. The van der Waals surface area contributed by atoms with Gasteiger partial charge in [-0.2, -0.15) is 4.98 Å². The number of nitrogens with one attached hydrogen (secondary N) is 2. The number of carbonyl (C=O) groups is 1. The van der Waals surface area contributed by atoms with E-state index in [1.807, 2.05) is 31.2 Å². The Morgan fingerprint density at radius 2 is 2.00 bits per heavy atom. The van der Waals surface area contributed by atoms with E-state index in [1.54, 1.807) is 29.4 Å². The molecule has 0 unspecified atom stereocenters. The highest BCUT2D eigenvalue weighted by molar-refractivity contribution is 5.80. The minimum atomic E-state index is -0.382. The molecule has 0 aliphatic carbocycles. The van der Waals surface area contributed by atoms with Crippen LogP contribution in [-0.2, 0) is 4.79 Å². The minimum absolute atomic E-state index is 0.104. The summed E-state index contributed by atoms with van der Waals surface area (Å²) in [5, 5.41) is 5.86. The lowest BCUT2D eigenvalue weighted by atomic mass is 10.3. The average molecular weight is 380 g/mol. The van der Waals surface area contributed by atoms with Gasteiger partial charge in [-0.05, 0) is 19.1 Å². The second-order valence-corrected chi connectivity index (χ2v) is 6.27. The van der Waals surface area contributed by atoms with Crippen LogP contribution < -0.4 is 20.1 Å². The number of amides is 1. The Morgan fingerprint density at radius 1 is 1.21 bits per heavy atom. The van der Waals surface area contributed by atoms with Crippen molar-refractivity contribution in [3.8, 4) is 17.4 Å². The normalized spacial score (nSPS) is 12.8. The van der Waals surface area contributed by atoms with Crippen LogP contribution >= 0.6 is 0 Å². The van der Waals surface area contributed by atoms with Gasteiger partial charge in [0.1, 0.15) is 12.1 Å². The molecule has 1 aromatic carbocycles. The quantitative estimate of drug-likeness (QED) is 0.643. The van der Waals surface area contributed by atoms with Crippen LogP contribution in [0.4, 0.5) is 5.82 Å². The molecular weight excluding hydrogens is 360 g/mol. The summed E-state index contributed by atoms with van der Waals surface area (Å²) in [7, 11) is 0. The predicted octanol–water partition coefficient (Wildman–Crippen LogP) is 1.69. The molecule has 0 saturated carbocycles. The number of ether oxygens (including phenoxy) is 2. The number of fused-ring (bicyclic) bond motifs is 1. The summed E-state index contributed by atoms with van der Waals surface area (Å²) < 4.78 is 13.0.